The Morgan fingerprint density at radius 3 is 3.05 bits per heavy atom. The number of halogens is 1. The number of carbonyl (C=O) groups excluding carboxylic acids is 1. The molecule has 1 aromatic carbocycles. The summed E-state index contributed by atoms with van der Waals surface area (Å²) in [5.41, 5.74) is 0.657. The number of nitrogens with zero attached hydrogens (tertiary/aromatic N) is 2. The van der Waals surface area contributed by atoms with Gasteiger partial charge in [0, 0.05) is 36.0 Å². The number of aromatic nitrogens is 2. The summed E-state index contributed by atoms with van der Waals surface area (Å²) in [4.78, 5) is 15.7. The van der Waals surface area contributed by atoms with Crippen molar-refractivity contribution in [2.45, 2.75) is 6.54 Å². The lowest BCUT2D eigenvalue weighted by atomic mass is 10.3. The third-order valence-electron chi connectivity index (χ3n) is 2.64. The van der Waals surface area contributed by atoms with E-state index in [9.17, 15) is 4.79 Å². The van der Waals surface area contributed by atoms with Crippen molar-refractivity contribution in [3.63, 3.8) is 0 Å². The molecule has 7 heteroatoms. The highest BCUT2D eigenvalue weighted by Gasteiger charge is 2.06. The SMILES string of the molecule is COc1ccc(Br)c(NC(=O)NCCn2ccnc2)c1. The van der Waals surface area contributed by atoms with Crippen LogP contribution in [0.5, 0.6) is 5.75 Å². The third kappa shape index (κ3) is 3.99. The number of imidazole rings is 1. The summed E-state index contributed by atoms with van der Waals surface area (Å²) < 4.78 is 7.80. The first-order valence-corrected chi connectivity index (χ1v) is 6.82. The van der Waals surface area contributed by atoms with E-state index in [-0.39, 0.29) is 6.03 Å². The van der Waals surface area contributed by atoms with Gasteiger partial charge in [-0.05, 0) is 28.1 Å². The lowest BCUT2D eigenvalue weighted by Crippen LogP contribution is -2.31. The summed E-state index contributed by atoms with van der Waals surface area (Å²) in [5, 5.41) is 5.54. The number of benzene rings is 1. The van der Waals surface area contributed by atoms with Gasteiger partial charge < -0.3 is 19.9 Å². The predicted octanol–water partition coefficient (Wildman–Crippen LogP) is 2.48. The third-order valence-corrected chi connectivity index (χ3v) is 3.33. The molecule has 0 saturated heterocycles. The molecule has 0 aliphatic heterocycles. The second-order valence-corrected chi connectivity index (χ2v) is 4.88. The van der Waals surface area contributed by atoms with E-state index in [1.54, 1.807) is 25.7 Å². The van der Waals surface area contributed by atoms with Gasteiger partial charge in [-0.1, -0.05) is 0 Å². The molecule has 0 unspecified atom stereocenters. The van der Waals surface area contributed by atoms with Gasteiger partial charge in [0.15, 0.2) is 0 Å². The smallest absolute Gasteiger partial charge is 0.319 e. The molecule has 0 atom stereocenters. The molecule has 0 radical (unpaired) electrons. The molecule has 2 amide bonds. The monoisotopic (exact) mass is 338 g/mol. The van der Waals surface area contributed by atoms with Gasteiger partial charge in [0.2, 0.25) is 0 Å². The van der Waals surface area contributed by atoms with Crippen molar-refractivity contribution < 1.29 is 9.53 Å². The zero-order chi connectivity index (χ0) is 14.4. The summed E-state index contributed by atoms with van der Waals surface area (Å²) in [6, 6.07) is 5.12. The fourth-order valence-corrected chi connectivity index (χ4v) is 1.96. The molecule has 0 fully saturated rings. The van der Waals surface area contributed by atoms with E-state index in [4.69, 9.17) is 4.74 Å². The largest absolute Gasteiger partial charge is 0.497 e. The average molecular weight is 339 g/mol. The van der Waals surface area contributed by atoms with Crippen LogP contribution in [0.3, 0.4) is 0 Å². The Hall–Kier alpha value is -2.02. The van der Waals surface area contributed by atoms with Crippen molar-refractivity contribution in [2.24, 2.45) is 0 Å². The van der Waals surface area contributed by atoms with E-state index >= 15 is 0 Å². The first kappa shape index (κ1) is 14.4. The number of amides is 2. The maximum Gasteiger partial charge on any atom is 0.319 e. The van der Waals surface area contributed by atoms with Gasteiger partial charge in [-0.2, -0.15) is 0 Å². The zero-order valence-electron chi connectivity index (χ0n) is 11.0. The van der Waals surface area contributed by atoms with Crippen molar-refractivity contribution in [1.82, 2.24) is 14.9 Å². The van der Waals surface area contributed by atoms with Gasteiger partial charge in [0.25, 0.3) is 0 Å². The minimum atomic E-state index is -0.265. The van der Waals surface area contributed by atoms with Gasteiger partial charge in [0.1, 0.15) is 5.75 Å². The minimum Gasteiger partial charge on any atom is -0.497 e. The van der Waals surface area contributed by atoms with Crippen LogP contribution in [0.25, 0.3) is 0 Å². The standard InChI is InChI=1S/C13H15BrN4O2/c1-20-10-2-3-11(14)12(8-10)17-13(19)16-5-7-18-6-4-15-9-18/h2-4,6,8-9H,5,7H2,1H3,(H2,16,17,19). The molecule has 1 heterocycles. The predicted molar refractivity (Wildman–Crippen MR) is 79.9 cm³/mol. The van der Waals surface area contributed by atoms with Gasteiger partial charge in [-0.15, -0.1) is 0 Å². The van der Waals surface area contributed by atoms with E-state index in [0.29, 0.717) is 24.5 Å². The molecule has 6 nitrogen and oxygen atoms in total. The van der Waals surface area contributed by atoms with Gasteiger partial charge >= 0.3 is 6.03 Å². The molecule has 2 aromatic rings. The van der Waals surface area contributed by atoms with Crippen molar-refractivity contribution in [3.8, 4) is 5.75 Å². The number of nitrogens with one attached hydrogen (secondary N) is 2. The van der Waals surface area contributed by atoms with Gasteiger partial charge in [-0.3, -0.25) is 0 Å². The number of ether oxygens (including phenoxy) is 1. The van der Waals surface area contributed by atoms with Crippen LogP contribution < -0.4 is 15.4 Å². The summed E-state index contributed by atoms with van der Waals surface area (Å²) in [7, 11) is 1.58. The maximum absolute atomic E-state index is 11.8. The molecule has 0 saturated carbocycles. The lowest BCUT2D eigenvalue weighted by Gasteiger charge is -2.10. The van der Waals surface area contributed by atoms with Crippen LogP contribution in [0.4, 0.5) is 10.5 Å². The van der Waals surface area contributed by atoms with Crippen molar-refractivity contribution >= 4 is 27.6 Å². The molecule has 1 aromatic heterocycles. The first-order chi connectivity index (χ1) is 9.69. The highest BCUT2D eigenvalue weighted by atomic mass is 79.9. The number of anilines is 1. The number of hydrogen-bond acceptors (Lipinski definition) is 3. The van der Waals surface area contributed by atoms with Crippen molar-refractivity contribution in [2.75, 3.05) is 19.0 Å². The van der Waals surface area contributed by atoms with E-state index in [1.807, 2.05) is 22.9 Å². The van der Waals surface area contributed by atoms with E-state index in [2.05, 4.69) is 31.5 Å². The summed E-state index contributed by atoms with van der Waals surface area (Å²) >= 11 is 3.38. The Labute approximate surface area is 125 Å². The number of methoxy groups -OCH3 is 1. The summed E-state index contributed by atoms with van der Waals surface area (Å²) in [6.45, 7) is 1.19. The number of urea groups is 1. The zero-order valence-corrected chi connectivity index (χ0v) is 12.6. The van der Waals surface area contributed by atoms with Crippen LogP contribution in [0.2, 0.25) is 0 Å². The molecular weight excluding hydrogens is 324 g/mol. The lowest BCUT2D eigenvalue weighted by molar-refractivity contribution is 0.251. The number of hydrogen-bond donors (Lipinski definition) is 2. The van der Waals surface area contributed by atoms with Gasteiger partial charge in [-0.25, -0.2) is 9.78 Å². The number of rotatable bonds is 5. The molecule has 2 N–H and O–H groups in total. The summed E-state index contributed by atoms with van der Waals surface area (Å²) in [5.74, 6) is 0.682. The highest BCUT2D eigenvalue weighted by molar-refractivity contribution is 9.10. The molecule has 106 valence electrons. The molecule has 0 bridgehead atoms. The van der Waals surface area contributed by atoms with Gasteiger partial charge in [0.05, 0.1) is 19.1 Å². The second-order valence-electron chi connectivity index (χ2n) is 4.03. The van der Waals surface area contributed by atoms with Crippen LogP contribution >= 0.6 is 15.9 Å². The van der Waals surface area contributed by atoms with Crippen LogP contribution in [0.15, 0.2) is 41.4 Å². The Balaban J connectivity index is 1.84. The first-order valence-electron chi connectivity index (χ1n) is 6.03. The van der Waals surface area contributed by atoms with E-state index in [1.165, 1.54) is 0 Å². The van der Waals surface area contributed by atoms with E-state index < -0.39 is 0 Å². The normalized spacial score (nSPS) is 10.1. The molecule has 0 aliphatic carbocycles. The molecular formula is C13H15BrN4O2. The fourth-order valence-electron chi connectivity index (χ4n) is 1.61. The molecule has 0 aliphatic rings. The Morgan fingerprint density at radius 1 is 1.50 bits per heavy atom. The maximum atomic E-state index is 11.8. The molecule has 20 heavy (non-hydrogen) atoms. The second kappa shape index (κ2) is 6.95. The number of carbonyl (C=O) groups is 1. The molecule has 0 spiro atoms. The summed E-state index contributed by atoms with van der Waals surface area (Å²) in [6.07, 6.45) is 5.25. The van der Waals surface area contributed by atoms with Crippen LogP contribution in [-0.4, -0.2) is 29.2 Å². The molecule has 2 rings (SSSR count). The Bertz CT molecular complexity index is 572. The Morgan fingerprint density at radius 2 is 2.35 bits per heavy atom. The fraction of sp³-hybridized carbons (Fsp3) is 0.231. The topological polar surface area (TPSA) is 68.2 Å². The van der Waals surface area contributed by atoms with E-state index in [0.717, 1.165) is 4.47 Å². The quantitative estimate of drug-likeness (QED) is 0.879. The van der Waals surface area contributed by atoms with Crippen LogP contribution in [0.1, 0.15) is 0 Å². The van der Waals surface area contributed by atoms with Crippen molar-refractivity contribution in [1.29, 1.82) is 0 Å². The van der Waals surface area contributed by atoms with Crippen LogP contribution in [0, 0.1) is 0 Å². The Kier molecular flexibility index (Phi) is 5.00. The van der Waals surface area contributed by atoms with Crippen LogP contribution in [-0.2, 0) is 6.54 Å². The van der Waals surface area contributed by atoms with Crippen molar-refractivity contribution in [3.05, 3.63) is 41.4 Å². The average Bonchev–Trinajstić information content (AvgIpc) is 2.94. The minimum absolute atomic E-state index is 0.265. The highest BCUT2D eigenvalue weighted by Crippen LogP contribution is 2.26.